The average Bonchev–Trinajstić information content (AvgIpc) is 3.07. The van der Waals surface area contributed by atoms with Crippen LogP contribution >= 0.6 is 45.7 Å². The second kappa shape index (κ2) is 8.83. The molecule has 0 saturated carbocycles. The molecule has 5 nitrogen and oxygen atoms in total. The van der Waals surface area contributed by atoms with Gasteiger partial charge in [-0.1, -0.05) is 47.4 Å². The number of thioether (sulfide) groups is 1. The topological polar surface area (TPSA) is 66.9 Å². The zero-order valence-corrected chi connectivity index (χ0v) is 18.0. The molecule has 0 aliphatic heterocycles. The SMILES string of the molecule is Cc1cccc(Nc2nnc(SCC(=O)Nc3ccccc3I)s2)c1C. The molecule has 0 radical (unpaired) electrons. The van der Waals surface area contributed by atoms with Gasteiger partial charge in [0.05, 0.1) is 11.4 Å². The minimum atomic E-state index is -0.0571. The van der Waals surface area contributed by atoms with Gasteiger partial charge in [0.1, 0.15) is 0 Å². The molecule has 1 heterocycles. The van der Waals surface area contributed by atoms with Gasteiger partial charge in [-0.3, -0.25) is 4.79 Å². The molecule has 8 heteroatoms. The van der Waals surface area contributed by atoms with Crippen LogP contribution in [0, 0.1) is 17.4 Å². The van der Waals surface area contributed by atoms with Crippen LogP contribution in [-0.2, 0) is 4.79 Å². The van der Waals surface area contributed by atoms with Crippen molar-refractivity contribution in [3.63, 3.8) is 0 Å². The first kappa shape index (κ1) is 19.1. The Kier molecular flexibility index (Phi) is 6.49. The molecular formula is C18H17IN4OS2. The van der Waals surface area contributed by atoms with Crippen LogP contribution in [0.25, 0.3) is 0 Å². The Morgan fingerprint density at radius 2 is 1.88 bits per heavy atom. The molecule has 0 saturated heterocycles. The number of benzene rings is 2. The molecule has 1 amide bonds. The van der Waals surface area contributed by atoms with Gasteiger partial charge in [0.15, 0.2) is 4.34 Å². The summed E-state index contributed by atoms with van der Waals surface area (Å²) in [4.78, 5) is 12.1. The highest BCUT2D eigenvalue weighted by Crippen LogP contribution is 2.29. The highest BCUT2D eigenvalue weighted by atomic mass is 127. The molecule has 0 spiro atoms. The van der Waals surface area contributed by atoms with Gasteiger partial charge >= 0.3 is 0 Å². The van der Waals surface area contributed by atoms with Crippen LogP contribution in [0.4, 0.5) is 16.5 Å². The quantitative estimate of drug-likeness (QED) is 0.361. The smallest absolute Gasteiger partial charge is 0.234 e. The fourth-order valence-electron chi connectivity index (χ4n) is 2.20. The number of hydrogen-bond acceptors (Lipinski definition) is 6. The number of amides is 1. The van der Waals surface area contributed by atoms with E-state index in [-0.39, 0.29) is 5.91 Å². The van der Waals surface area contributed by atoms with E-state index < -0.39 is 0 Å². The third kappa shape index (κ3) is 4.95. The third-order valence-corrected chi connectivity index (χ3v) is 6.64. The van der Waals surface area contributed by atoms with E-state index in [0.717, 1.165) is 24.4 Å². The molecule has 3 aromatic rings. The summed E-state index contributed by atoms with van der Waals surface area (Å²) < 4.78 is 1.77. The lowest BCUT2D eigenvalue weighted by atomic mass is 10.1. The Balaban J connectivity index is 1.56. The van der Waals surface area contributed by atoms with Crippen molar-refractivity contribution in [2.75, 3.05) is 16.4 Å². The minimum absolute atomic E-state index is 0.0571. The zero-order chi connectivity index (χ0) is 18.5. The van der Waals surface area contributed by atoms with Crippen molar-refractivity contribution in [3.8, 4) is 0 Å². The van der Waals surface area contributed by atoms with Gasteiger partial charge in [0.2, 0.25) is 11.0 Å². The van der Waals surface area contributed by atoms with Crippen LogP contribution in [0.15, 0.2) is 46.8 Å². The Bertz CT molecular complexity index is 929. The lowest BCUT2D eigenvalue weighted by molar-refractivity contribution is -0.113. The Labute approximate surface area is 174 Å². The van der Waals surface area contributed by atoms with Crippen LogP contribution in [0.5, 0.6) is 0 Å². The number of nitrogens with zero attached hydrogens (tertiary/aromatic N) is 2. The summed E-state index contributed by atoms with van der Waals surface area (Å²) in [6, 6.07) is 13.8. The van der Waals surface area contributed by atoms with Crippen molar-refractivity contribution in [1.82, 2.24) is 10.2 Å². The van der Waals surface area contributed by atoms with Gasteiger partial charge in [-0.2, -0.15) is 0 Å². The molecule has 0 bridgehead atoms. The van der Waals surface area contributed by atoms with E-state index in [1.54, 1.807) is 0 Å². The monoisotopic (exact) mass is 496 g/mol. The summed E-state index contributed by atoms with van der Waals surface area (Å²) in [5.41, 5.74) is 4.26. The first-order valence-electron chi connectivity index (χ1n) is 7.87. The largest absolute Gasteiger partial charge is 0.330 e. The normalized spacial score (nSPS) is 10.6. The molecule has 0 fully saturated rings. The summed E-state index contributed by atoms with van der Waals surface area (Å²) >= 11 is 5.03. The highest BCUT2D eigenvalue weighted by molar-refractivity contribution is 14.1. The Morgan fingerprint density at radius 3 is 2.69 bits per heavy atom. The molecule has 2 aromatic carbocycles. The zero-order valence-electron chi connectivity index (χ0n) is 14.2. The number of carbonyl (C=O) groups excluding carboxylic acids is 1. The lowest BCUT2D eigenvalue weighted by Crippen LogP contribution is -2.14. The number of para-hydroxylation sites is 1. The van der Waals surface area contributed by atoms with Crippen molar-refractivity contribution in [2.24, 2.45) is 0 Å². The van der Waals surface area contributed by atoms with Crippen LogP contribution in [0.2, 0.25) is 0 Å². The summed E-state index contributed by atoms with van der Waals surface area (Å²) in [6.07, 6.45) is 0. The molecule has 26 heavy (non-hydrogen) atoms. The number of halogens is 1. The van der Waals surface area contributed by atoms with E-state index in [4.69, 9.17) is 0 Å². The number of anilines is 3. The van der Waals surface area contributed by atoms with E-state index >= 15 is 0 Å². The summed E-state index contributed by atoms with van der Waals surface area (Å²) in [5.74, 6) is 0.238. The first-order valence-corrected chi connectivity index (χ1v) is 10.7. The molecule has 0 unspecified atom stereocenters. The second-order valence-electron chi connectivity index (χ2n) is 5.56. The number of carbonyl (C=O) groups is 1. The average molecular weight is 496 g/mol. The summed E-state index contributed by atoms with van der Waals surface area (Å²) in [6.45, 7) is 4.15. The van der Waals surface area contributed by atoms with E-state index in [2.05, 4.69) is 63.3 Å². The fourth-order valence-corrected chi connectivity index (χ4v) is 4.28. The van der Waals surface area contributed by atoms with Crippen molar-refractivity contribution in [1.29, 1.82) is 0 Å². The number of aromatic nitrogens is 2. The predicted octanol–water partition coefficient (Wildman–Crippen LogP) is 5.23. The van der Waals surface area contributed by atoms with Crippen LogP contribution in [-0.4, -0.2) is 21.9 Å². The van der Waals surface area contributed by atoms with Crippen molar-refractivity contribution < 1.29 is 4.79 Å². The van der Waals surface area contributed by atoms with Gasteiger partial charge in [0.25, 0.3) is 0 Å². The van der Waals surface area contributed by atoms with Gasteiger partial charge in [-0.15, -0.1) is 10.2 Å². The van der Waals surface area contributed by atoms with Gasteiger partial charge in [-0.25, -0.2) is 0 Å². The van der Waals surface area contributed by atoms with Crippen molar-refractivity contribution in [2.45, 2.75) is 18.2 Å². The molecule has 134 valence electrons. The number of hydrogen-bond donors (Lipinski definition) is 2. The Hall–Kier alpha value is -1.65. The van der Waals surface area contributed by atoms with Crippen molar-refractivity contribution in [3.05, 3.63) is 57.2 Å². The van der Waals surface area contributed by atoms with Gasteiger partial charge in [-0.05, 0) is 65.8 Å². The number of aryl methyl sites for hydroxylation is 1. The standard InChI is InChI=1S/C18H17IN4OS2/c1-11-6-5-9-14(12(11)2)21-17-22-23-18(26-17)25-10-16(24)20-15-8-4-3-7-13(15)19/h3-9H,10H2,1-2H3,(H,20,24)(H,21,22). The lowest BCUT2D eigenvalue weighted by Gasteiger charge is -2.08. The van der Waals surface area contributed by atoms with Crippen LogP contribution < -0.4 is 10.6 Å². The maximum Gasteiger partial charge on any atom is 0.234 e. The molecule has 3 rings (SSSR count). The minimum Gasteiger partial charge on any atom is -0.330 e. The van der Waals surface area contributed by atoms with Crippen LogP contribution in [0.1, 0.15) is 11.1 Å². The predicted molar refractivity (Wildman–Crippen MR) is 118 cm³/mol. The molecule has 0 atom stereocenters. The number of rotatable bonds is 6. The molecule has 1 aromatic heterocycles. The highest BCUT2D eigenvalue weighted by Gasteiger charge is 2.10. The molecule has 0 aliphatic carbocycles. The number of nitrogens with one attached hydrogen (secondary N) is 2. The molecule has 2 N–H and O–H groups in total. The van der Waals surface area contributed by atoms with Gasteiger partial charge in [0, 0.05) is 9.26 Å². The molecule has 0 aliphatic rings. The fraction of sp³-hybridized carbons (Fsp3) is 0.167. The van der Waals surface area contributed by atoms with Crippen molar-refractivity contribution >= 4 is 68.1 Å². The summed E-state index contributed by atoms with van der Waals surface area (Å²) in [5, 5.41) is 15.2. The van der Waals surface area contributed by atoms with Gasteiger partial charge < -0.3 is 10.6 Å². The third-order valence-electron chi connectivity index (χ3n) is 3.73. The maximum absolute atomic E-state index is 12.1. The van der Waals surface area contributed by atoms with Crippen LogP contribution in [0.3, 0.4) is 0 Å². The summed E-state index contributed by atoms with van der Waals surface area (Å²) in [7, 11) is 0. The van der Waals surface area contributed by atoms with E-state index in [1.165, 1.54) is 34.2 Å². The van der Waals surface area contributed by atoms with E-state index in [0.29, 0.717) is 5.75 Å². The van der Waals surface area contributed by atoms with E-state index in [1.807, 2.05) is 36.4 Å². The Morgan fingerprint density at radius 1 is 1.12 bits per heavy atom. The molecular weight excluding hydrogens is 479 g/mol. The maximum atomic E-state index is 12.1. The second-order valence-corrected chi connectivity index (χ2v) is 8.92. The first-order chi connectivity index (χ1) is 12.5. The van der Waals surface area contributed by atoms with E-state index in [9.17, 15) is 4.79 Å².